The Hall–Kier alpha value is -1.88. The van der Waals surface area contributed by atoms with Crippen LogP contribution in [0.25, 0.3) is 46.4 Å². The van der Waals surface area contributed by atoms with Crippen molar-refractivity contribution in [3.8, 4) is 0 Å². The molecule has 3 aromatic rings. The molecule has 0 saturated heterocycles. The summed E-state index contributed by atoms with van der Waals surface area (Å²) in [4.78, 5) is 16.0. The van der Waals surface area contributed by atoms with Gasteiger partial charge in [-0.25, -0.2) is 9.97 Å². The maximum absolute atomic E-state index is 4.62. The largest absolute Gasteiger partial charge is 0.355 e. The molecular weight excluding hydrogens is 469 g/mol. The molecule has 5 rings (SSSR count). The minimum absolute atomic E-state index is 0. The zero-order valence-electron chi connectivity index (χ0n) is 13.1. The molecule has 0 atom stereocenters. The summed E-state index contributed by atoms with van der Waals surface area (Å²) in [6.07, 6.45) is 8.05. The Balaban J connectivity index is 0.00000157. The first-order chi connectivity index (χ1) is 11.8. The number of aromatic amines is 2. The molecule has 5 heteroatoms. The summed E-state index contributed by atoms with van der Waals surface area (Å²) >= 11 is 0. The van der Waals surface area contributed by atoms with Gasteiger partial charge in [0.05, 0.1) is 22.8 Å². The van der Waals surface area contributed by atoms with E-state index in [0.717, 1.165) is 44.8 Å². The fourth-order valence-electron chi connectivity index (χ4n) is 2.94. The van der Waals surface area contributed by atoms with Gasteiger partial charge in [-0.1, -0.05) is 0 Å². The van der Waals surface area contributed by atoms with Crippen molar-refractivity contribution in [2.75, 3.05) is 0 Å². The van der Waals surface area contributed by atoms with Crippen LogP contribution < -0.4 is 0 Å². The summed E-state index contributed by atoms with van der Waals surface area (Å²) in [5.74, 6) is 0. The van der Waals surface area contributed by atoms with Crippen LogP contribution in [0.5, 0.6) is 0 Å². The third kappa shape index (κ3) is 3.56. The average Bonchev–Trinajstić information content (AvgIpc) is 3.32. The first-order valence-electron chi connectivity index (χ1n) is 7.85. The monoisotopic (exact) mass is 484 g/mol. The molecular formula is C20H14N4Yb. The number of rotatable bonds is 0. The predicted octanol–water partition coefficient (Wildman–Crippen LogP) is 4.66. The van der Waals surface area contributed by atoms with Gasteiger partial charge in [0.15, 0.2) is 0 Å². The molecule has 0 aromatic carbocycles. The van der Waals surface area contributed by atoms with Gasteiger partial charge in [-0.05, 0) is 72.8 Å². The number of nitrogens with zero attached hydrogens (tertiary/aromatic N) is 2. The second-order valence-electron chi connectivity index (χ2n) is 5.91. The van der Waals surface area contributed by atoms with E-state index in [0.29, 0.717) is 0 Å². The van der Waals surface area contributed by atoms with Gasteiger partial charge in [-0.2, -0.15) is 0 Å². The topological polar surface area (TPSA) is 57.4 Å². The zero-order valence-corrected chi connectivity index (χ0v) is 14.8. The third-order valence-corrected chi connectivity index (χ3v) is 4.04. The molecule has 3 aromatic heterocycles. The maximum atomic E-state index is 4.62. The van der Waals surface area contributed by atoms with Crippen LogP contribution in [0.2, 0.25) is 0 Å². The predicted molar refractivity (Wildman–Crippen MR) is 98.9 cm³/mol. The molecule has 4 nitrogen and oxygen atoms in total. The van der Waals surface area contributed by atoms with E-state index in [1.165, 1.54) is 0 Å². The number of H-pyrrole nitrogens is 2. The molecule has 0 saturated carbocycles. The van der Waals surface area contributed by atoms with E-state index in [2.05, 4.69) is 50.3 Å². The smallest absolute Gasteiger partial charge is 0.0659 e. The SMILES string of the molecule is C1=Cc2cc3ccc(cc4ccc(cc5nc(cc1n2)C=C5)[nH]4)[nH]3.[Yb]. The molecule has 8 bridgehead atoms. The van der Waals surface area contributed by atoms with Crippen molar-refractivity contribution in [2.24, 2.45) is 0 Å². The van der Waals surface area contributed by atoms with E-state index in [9.17, 15) is 0 Å². The Morgan fingerprint density at radius 1 is 0.480 bits per heavy atom. The molecule has 128 valence electrons. The van der Waals surface area contributed by atoms with E-state index < -0.39 is 0 Å². The Morgan fingerprint density at radius 2 is 0.840 bits per heavy atom. The molecule has 0 aliphatic carbocycles. The summed E-state index contributed by atoms with van der Waals surface area (Å²) < 4.78 is 0. The Labute approximate surface area is 183 Å². The zero-order chi connectivity index (χ0) is 15.9. The van der Waals surface area contributed by atoms with Crippen LogP contribution in [0.4, 0.5) is 0 Å². The van der Waals surface area contributed by atoms with E-state index in [1.807, 2.05) is 42.5 Å². The first kappa shape index (κ1) is 16.6. The number of hydrogen-bond donors (Lipinski definition) is 2. The minimum atomic E-state index is 0. The van der Waals surface area contributed by atoms with Crippen molar-refractivity contribution in [2.45, 2.75) is 0 Å². The van der Waals surface area contributed by atoms with Gasteiger partial charge >= 0.3 is 0 Å². The minimum Gasteiger partial charge on any atom is -0.355 e. The summed E-state index contributed by atoms with van der Waals surface area (Å²) in [7, 11) is 0. The molecule has 2 N–H and O–H groups in total. The van der Waals surface area contributed by atoms with Gasteiger partial charge in [0, 0.05) is 69.0 Å². The number of fused-ring (bicyclic) bond motifs is 8. The summed E-state index contributed by atoms with van der Waals surface area (Å²) in [5.41, 5.74) is 7.86. The van der Waals surface area contributed by atoms with Crippen molar-refractivity contribution in [3.63, 3.8) is 0 Å². The molecule has 2 aliphatic heterocycles. The van der Waals surface area contributed by atoms with Crippen molar-refractivity contribution in [1.82, 2.24) is 19.9 Å². The van der Waals surface area contributed by atoms with Crippen molar-refractivity contribution < 1.29 is 46.9 Å². The van der Waals surface area contributed by atoms with Gasteiger partial charge in [0.1, 0.15) is 0 Å². The van der Waals surface area contributed by atoms with Crippen LogP contribution in [0.3, 0.4) is 0 Å². The van der Waals surface area contributed by atoms with Gasteiger partial charge < -0.3 is 9.97 Å². The quantitative estimate of drug-likeness (QED) is 0.337. The fraction of sp³-hybridized carbons (Fsp3) is 0. The van der Waals surface area contributed by atoms with E-state index in [4.69, 9.17) is 0 Å². The van der Waals surface area contributed by atoms with Gasteiger partial charge in [0.2, 0.25) is 0 Å². The second kappa shape index (κ2) is 6.79. The molecule has 0 fully saturated rings. The van der Waals surface area contributed by atoms with Gasteiger partial charge in [0.25, 0.3) is 0 Å². The molecule has 0 unspecified atom stereocenters. The van der Waals surface area contributed by atoms with Crippen molar-refractivity contribution in [3.05, 3.63) is 71.3 Å². The van der Waals surface area contributed by atoms with E-state index in [1.54, 1.807) is 0 Å². The van der Waals surface area contributed by atoms with Gasteiger partial charge in [-0.3, -0.25) is 0 Å². The van der Waals surface area contributed by atoms with Crippen molar-refractivity contribution >= 4 is 46.4 Å². The summed E-state index contributed by atoms with van der Waals surface area (Å²) in [6.45, 7) is 0. The van der Waals surface area contributed by atoms with Gasteiger partial charge in [-0.15, -0.1) is 0 Å². The Bertz CT molecular complexity index is 1080. The molecule has 5 heterocycles. The molecule has 2 aliphatic rings. The van der Waals surface area contributed by atoms with Crippen LogP contribution in [-0.4, -0.2) is 19.9 Å². The second-order valence-corrected chi connectivity index (χ2v) is 5.91. The van der Waals surface area contributed by atoms with E-state index >= 15 is 0 Å². The van der Waals surface area contributed by atoms with Crippen LogP contribution >= 0.6 is 0 Å². The number of aromatic nitrogens is 4. The normalized spacial score (nSPS) is 12.2. The average molecular weight is 483 g/mol. The maximum Gasteiger partial charge on any atom is 0.0659 e. The number of hydrogen-bond acceptors (Lipinski definition) is 2. The molecule has 0 spiro atoms. The standard InChI is InChI=1S/C20H14N4.Yb/c1-2-14-10-16-5-6-18(23-16)12-20-8-7-19(24-20)11-17-4-3-15(22-17)9-13(1)21-14;/h1-12,21-22H;. The molecule has 0 amide bonds. The summed E-state index contributed by atoms with van der Waals surface area (Å²) in [6, 6.07) is 16.4. The van der Waals surface area contributed by atoms with Crippen LogP contribution in [0, 0.1) is 46.9 Å². The van der Waals surface area contributed by atoms with Crippen LogP contribution in [-0.2, 0) is 0 Å². The summed E-state index contributed by atoms with van der Waals surface area (Å²) in [5, 5.41) is 0. The Kier molecular flexibility index (Phi) is 4.50. The van der Waals surface area contributed by atoms with Crippen LogP contribution in [0.1, 0.15) is 22.8 Å². The fourth-order valence-corrected chi connectivity index (χ4v) is 2.94. The first-order valence-corrected chi connectivity index (χ1v) is 7.85. The third-order valence-electron chi connectivity index (χ3n) is 4.04. The molecule has 0 radical (unpaired) electrons. The van der Waals surface area contributed by atoms with Crippen LogP contribution in [0.15, 0.2) is 48.5 Å². The number of nitrogens with one attached hydrogen (secondary N) is 2. The van der Waals surface area contributed by atoms with Crippen molar-refractivity contribution in [1.29, 1.82) is 0 Å². The Morgan fingerprint density at radius 3 is 1.28 bits per heavy atom. The van der Waals surface area contributed by atoms with E-state index in [-0.39, 0.29) is 46.9 Å². The molecule has 25 heavy (non-hydrogen) atoms.